The average molecular weight is 165 g/mol. The maximum Gasteiger partial charge on any atom is 0.108 e. The van der Waals surface area contributed by atoms with Crippen molar-refractivity contribution in [1.29, 1.82) is 0 Å². The van der Waals surface area contributed by atoms with Gasteiger partial charge in [0.15, 0.2) is 0 Å². The van der Waals surface area contributed by atoms with Crippen LogP contribution in [0.15, 0.2) is 6.20 Å². The number of nitrogens with zero attached hydrogens (tertiary/aromatic N) is 2. The lowest BCUT2D eigenvalue weighted by Crippen LogP contribution is -2.28. The van der Waals surface area contributed by atoms with E-state index in [4.69, 9.17) is 0 Å². The van der Waals surface area contributed by atoms with Gasteiger partial charge in [-0.1, -0.05) is 6.92 Å². The van der Waals surface area contributed by atoms with Crippen molar-refractivity contribution in [2.45, 2.75) is 32.9 Å². The largest absolute Gasteiger partial charge is 0.330 e. The number of hydrogen-bond donors (Lipinski definition) is 1. The summed E-state index contributed by atoms with van der Waals surface area (Å²) in [5.41, 5.74) is 1.34. The number of imidazole rings is 1. The van der Waals surface area contributed by atoms with E-state index in [-0.39, 0.29) is 0 Å². The van der Waals surface area contributed by atoms with E-state index in [0.717, 1.165) is 26.1 Å². The second-order valence-corrected chi connectivity index (χ2v) is 3.24. The first kappa shape index (κ1) is 7.80. The monoisotopic (exact) mass is 165 g/mol. The van der Waals surface area contributed by atoms with Crippen LogP contribution in [0.5, 0.6) is 0 Å². The summed E-state index contributed by atoms with van der Waals surface area (Å²) < 4.78 is 2.35. The minimum Gasteiger partial charge on any atom is -0.330 e. The second kappa shape index (κ2) is 3.27. The fourth-order valence-electron chi connectivity index (χ4n) is 1.70. The van der Waals surface area contributed by atoms with E-state index in [9.17, 15) is 0 Å². The standard InChI is InChI=1S/C9H15N3/c1-2-3-9-11-7-8-6-10-4-5-12(8)9/h7,10H,2-6H2,1H3. The number of fused-ring (bicyclic) bond motifs is 1. The molecular weight excluding hydrogens is 150 g/mol. The van der Waals surface area contributed by atoms with Gasteiger partial charge in [0, 0.05) is 32.3 Å². The molecule has 0 atom stereocenters. The van der Waals surface area contributed by atoms with E-state index >= 15 is 0 Å². The number of hydrogen-bond acceptors (Lipinski definition) is 2. The van der Waals surface area contributed by atoms with Crippen LogP contribution in [0, 0.1) is 0 Å². The molecule has 0 saturated carbocycles. The van der Waals surface area contributed by atoms with Gasteiger partial charge < -0.3 is 9.88 Å². The van der Waals surface area contributed by atoms with Gasteiger partial charge in [0.05, 0.1) is 5.69 Å². The SMILES string of the molecule is CCCc1ncc2n1CCNC2. The summed E-state index contributed by atoms with van der Waals surface area (Å²) >= 11 is 0. The molecule has 3 nitrogen and oxygen atoms in total. The van der Waals surface area contributed by atoms with Crippen LogP contribution in [0.3, 0.4) is 0 Å². The van der Waals surface area contributed by atoms with Crippen molar-refractivity contribution in [3.8, 4) is 0 Å². The summed E-state index contributed by atoms with van der Waals surface area (Å²) in [7, 11) is 0. The summed E-state index contributed by atoms with van der Waals surface area (Å²) in [6, 6.07) is 0. The van der Waals surface area contributed by atoms with Crippen molar-refractivity contribution in [2.75, 3.05) is 6.54 Å². The number of aromatic nitrogens is 2. The van der Waals surface area contributed by atoms with Crippen LogP contribution >= 0.6 is 0 Å². The lowest BCUT2D eigenvalue weighted by Gasteiger charge is -2.17. The van der Waals surface area contributed by atoms with Gasteiger partial charge in [-0.25, -0.2) is 4.98 Å². The van der Waals surface area contributed by atoms with Crippen LogP contribution in [0.4, 0.5) is 0 Å². The zero-order valence-electron chi connectivity index (χ0n) is 7.51. The Morgan fingerprint density at radius 3 is 3.42 bits per heavy atom. The Labute approximate surface area is 72.8 Å². The number of rotatable bonds is 2. The smallest absolute Gasteiger partial charge is 0.108 e. The highest BCUT2D eigenvalue weighted by molar-refractivity contribution is 5.07. The second-order valence-electron chi connectivity index (χ2n) is 3.24. The molecule has 0 saturated heterocycles. The summed E-state index contributed by atoms with van der Waals surface area (Å²) in [5.74, 6) is 1.26. The molecule has 2 rings (SSSR count). The zero-order chi connectivity index (χ0) is 8.39. The minimum atomic E-state index is 0.983. The Kier molecular flexibility index (Phi) is 2.13. The van der Waals surface area contributed by atoms with Gasteiger partial charge in [-0.15, -0.1) is 0 Å². The molecule has 1 N–H and O–H groups in total. The molecule has 1 aliphatic rings. The highest BCUT2D eigenvalue weighted by Gasteiger charge is 2.11. The highest BCUT2D eigenvalue weighted by Crippen LogP contribution is 2.09. The predicted octanol–water partition coefficient (Wildman–Crippen LogP) is 0.939. The molecule has 1 aromatic heterocycles. The normalized spacial score (nSPS) is 16.1. The molecule has 12 heavy (non-hydrogen) atoms. The van der Waals surface area contributed by atoms with Gasteiger partial charge in [-0.3, -0.25) is 0 Å². The van der Waals surface area contributed by atoms with Gasteiger partial charge in [-0.05, 0) is 6.42 Å². The van der Waals surface area contributed by atoms with E-state index in [1.165, 1.54) is 17.9 Å². The summed E-state index contributed by atoms with van der Waals surface area (Å²) in [4.78, 5) is 4.41. The number of nitrogens with one attached hydrogen (secondary N) is 1. The van der Waals surface area contributed by atoms with Gasteiger partial charge in [0.1, 0.15) is 5.82 Å². The lowest BCUT2D eigenvalue weighted by atomic mass is 10.3. The van der Waals surface area contributed by atoms with Gasteiger partial charge in [0.25, 0.3) is 0 Å². The maximum absolute atomic E-state index is 4.41. The lowest BCUT2D eigenvalue weighted by molar-refractivity contribution is 0.499. The molecule has 0 aromatic carbocycles. The highest BCUT2D eigenvalue weighted by atomic mass is 15.1. The maximum atomic E-state index is 4.41. The quantitative estimate of drug-likeness (QED) is 0.706. The molecule has 0 radical (unpaired) electrons. The molecule has 1 aliphatic heterocycles. The van der Waals surface area contributed by atoms with Crippen molar-refractivity contribution in [3.63, 3.8) is 0 Å². The molecule has 66 valence electrons. The summed E-state index contributed by atoms with van der Waals surface area (Å²) in [6.07, 6.45) is 4.29. The molecule has 0 aliphatic carbocycles. The molecule has 0 bridgehead atoms. The topological polar surface area (TPSA) is 29.9 Å². The molecule has 1 aromatic rings. The first-order valence-corrected chi connectivity index (χ1v) is 4.66. The van der Waals surface area contributed by atoms with Crippen molar-refractivity contribution in [2.24, 2.45) is 0 Å². The molecule has 3 heteroatoms. The molecule has 0 spiro atoms. The molecule has 2 heterocycles. The summed E-state index contributed by atoms with van der Waals surface area (Å²) in [6.45, 7) is 5.35. The fourth-order valence-corrected chi connectivity index (χ4v) is 1.70. The third-order valence-electron chi connectivity index (χ3n) is 2.31. The average Bonchev–Trinajstić information content (AvgIpc) is 2.50. The third-order valence-corrected chi connectivity index (χ3v) is 2.31. The third kappa shape index (κ3) is 1.25. The Hall–Kier alpha value is -0.830. The van der Waals surface area contributed by atoms with E-state index in [0.29, 0.717) is 0 Å². The van der Waals surface area contributed by atoms with E-state index in [2.05, 4.69) is 21.8 Å². The Balaban J connectivity index is 2.25. The Morgan fingerprint density at radius 1 is 1.67 bits per heavy atom. The predicted molar refractivity (Wildman–Crippen MR) is 47.9 cm³/mol. The van der Waals surface area contributed by atoms with E-state index in [1.807, 2.05) is 6.20 Å². The van der Waals surface area contributed by atoms with E-state index < -0.39 is 0 Å². The van der Waals surface area contributed by atoms with Crippen LogP contribution in [0.25, 0.3) is 0 Å². The van der Waals surface area contributed by atoms with Crippen molar-refractivity contribution >= 4 is 0 Å². The van der Waals surface area contributed by atoms with Crippen LogP contribution in [-0.2, 0) is 19.5 Å². The molecule has 0 amide bonds. The molecule has 0 unspecified atom stereocenters. The van der Waals surface area contributed by atoms with Crippen LogP contribution in [0.1, 0.15) is 24.9 Å². The van der Waals surface area contributed by atoms with Gasteiger partial charge in [-0.2, -0.15) is 0 Å². The van der Waals surface area contributed by atoms with Crippen molar-refractivity contribution in [1.82, 2.24) is 14.9 Å². The van der Waals surface area contributed by atoms with Gasteiger partial charge in [0.2, 0.25) is 0 Å². The number of aryl methyl sites for hydroxylation is 1. The Bertz CT molecular complexity index is 265. The first-order chi connectivity index (χ1) is 5.92. The van der Waals surface area contributed by atoms with Crippen LogP contribution < -0.4 is 5.32 Å². The van der Waals surface area contributed by atoms with Gasteiger partial charge >= 0.3 is 0 Å². The first-order valence-electron chi connectivity index (χ1n) is 4.66. The summed E-state index contributed by atoms with van der Waals surface area (Å²) in [5, 5.41) is 3.34. The van der Waals surface area contributed by atoms with Crippen molar-refractivity contribution in [3.05, 3.63) is 17.7 Å². The minimum absolute atomic E-state index is 0.983. The van der Waals surface area contributed by atoms with Crippen molar-refractivity contribution < 1.29 is 0 Å². The molecular formula is C9H15N3. The zero-order valence-corrected chi connectivity index (χ0v) is 7.51. The molecule has 0 fully saturated rings. The fraction of sp³-hybridized carbons (Fsp3) is 0.667. The van der Waals surface area contributed by atoms with Crippen LogP contribution in [-0.4, -0.2) is 16.1 Å². The van der Waals surface area contributed by atoms with E-state index in [1.54, 1.807) is 0 Å². The van der Waals surface area contributed by atoms with Crippen LogP contribution in [0.2, 0.25) is 0 Å². The Morgan fingerprint density at radius 2 is 2.58 bits per heavy atom.